The Hall–Kier alpha value is -3.19. The first-order chi connectivity index (χ1) is 12.5. The van der Waals surface area contributed by atoms with Crippen molar-refractivity contribution in [2.24, 2.45) is 5.73 Å². The van der Waals surface area contributed by atoms with Crippen LogP contribution in [-0.2, 0) is 6.61 Å². The molecule has 3 aromatic rings. The number of nitrogens with one attached hydrogen (secondary N) is 1. The van der Waals surface area contributed by atoms with E-state index in [4.69, 9.17) is 10.5 Å². The lowest BCUT2D eigenvalue weighted by atomic mass is 10.1. The molecule has 3 N–H and O–H groups in total. The molecule has 0 aliphatic carbocycles. The topological polar surface area (TPSA) is 94.3 Å². The molecule has 0 saturated heterocycles. The molecule has 1 heterocycles. The van der Waals surface area contributed by atoms with Crippen molar-refractivity contribution in [3.05, 3.63) is 75.7 Å². The van der Waals surface area contributed by atoms with Crippen molar-refractivity contribution < 1.29 is 14.3 Å². The van der Waals surface area contributed by atoms with E-state index >= 15 is 0 Å². The monoisotopic (exact) mass is 367 g/mol. The van der Waals surface area contributed by atoms with Gasteiger partial charge in [-0.05, 0) is 55.5 Å². The molecular formula is C19H17N3O3S. The van der Waals surface area contributed by atoms with Crippen LogP contribution in [0.25, 0.3) is 0 Å². The summed E-state index contributed by atoms with van der Waals surface area (Å²) in [6.45, 7) is 2.34. The van der Waals surface area contributed by atoms with Crippen molar-refractivity contribution in [2.45, 2.75) is 13.5 Å². The van der Waals surface area contributed by atoms with E-state index in [1.807, 2.05) is 12.3 Å². The van der Waals surface area contributed by atoms with Gasteiger partial charge in [0.2, 0.25) is 5.91 Å². The first-order valence-electron chi connectivity index (χ1n) is 7.86. The highest BCUT2D eigenvalue weighted by molar-refractivity contribution is 7.09. The Labute approximate surface area is 154 Å². The number of benzene rings is 2. The van der Waals surface area contributed by atoms with E-state index in [-0.39, 0.29) is 5.91 Å². The Morgan fingerprint density at radius 2 is 1.73 bits per heavy atom. The van der Waals surface area contributed by atoms with Crippen molar-refractivity contribution in [3.63, 3.8) is 0 Å². The minimum absolute atomic E-state index is 0.251. The maximum absolute atomic E-state index is 12.3. The molecule has 0 unspecified atom stereocenters. The minimum atomic E-state index is -0.508. The number of aromatic nitrogens is 1. The average Bonchev–Trinajstić information content (AvgIpc) is 3.06. The zero-order chi connectivity index (χ0) is 18.5. The Bertz CT molecular complexity index is 918. The van der Waals surface area contributed by atoms with Gasteiger partial charge in [0.25, 0.3) is 5.91 Å². The summed E-state index contributed by atoms with van der Waals surface area (Å²) in [7, 11) is 0. The summed E-state index contributed by atoms with van der Waals surface area (Å²) in [6, 6.07) is 13.2. The lowest BCUT2D eigenvalue weighted by Crippen LogP contribution is -2.13. The summed E-state index contributed by atoms with van der Waals surface area (Å²) in [5, 5.41) is 5.72. The number of amides is 2. The minimum Gasteiger partial charge on any atom is -0.487 e. The molecule has 2 aromatic carbocycles. The van der Waals surface area contributed by atoms with E-state index in [1.165, 1.54) is 0 Å². The zero-order valence-corrected chi connectivity index (χ0v) is 14.9. The van der Waals surface area contributed by atoms with Crippen molar-refractivity contribution in [1.29, 1.82) is 0 Å². The molecule has 0 saturated carbocycles. The molecular weight excluding hydrogens is 350 g/mol. The number of carbonyl (C=O) groups excluding carboxylic acids is 2. The third-order valence-electron chi connectivity index (χ3n) is 3.60. The summed E-state index contributed by atoms with van der Waals surface area (Å²) >= 11 is 1.58. The van der Waals surface area contributed by atoms with Crippen LogP contribution in [0.1, 0.15) is 31.4 Å². The van der Waals surface area contributed by atoms with Gasteiger partial charge >= 0.3 is 0 Å². The molecule has 26 heavy (non-hydrogen) atoms. The molecule has 0 atom stereocenters. The molecule has 2 amide bonds. The number of carbonyl (C=O) groups is 2. The van der Waals surface area contributed by atoms with Crippen LogP contribution < -0.4 is 15.8 Å². The van der Waals surface area contributed by atoms with Crippen LogP contribution in [0.5, 0.6) is 5.75 Å². The molecule has 3 rings (SSSR count). The second-order valence-electron chi connectivity index (χ2n) is 5.57. The second kappa shape index (κ2) is 7.79. The number of primary amides is 1. The van der Waals surface area contributed by atoms with Crippen molar-refractivity contribution >= 4 is 28.8 Å². The van der Waals surface area contributed by atoms with Crippen molar-refractivity contribution in [3.8, 4) is 5.75 Å². The summed E-state index contributed by atoms with van der Waals surface area (Å²) < 4.78 is 5.66. The van der Waals surface area contributed by atoms with Crippen LogP contribution >= 0.6 is 11.3 Å². The van der Waals surface area contributed by atoms with Gasteiger partial charge in [-0.25, -0.2) is 4.98 Å². The predicted molar refractivity (Wildman–Crippen MR) is 101 cm³/mol. The Morgan fingerprint density at radius 1 is 1.08 bits per heavy atom. The molecule has 0 radical (unpaired) electrons. The van der Waals surface area contributed by atoms with Crippen LogP contribution in [0.3, 0.4) is 0 Å². The number of nitrogens with two attached hydrogens (primary N) is 1. The number of rotatable bonds is 6. The van der Waals surface area contributed by atoms with Crippen molar-refractivity contribution in [2.75, 3.05) is 5.32 Å². The van der Waals surface area contributed by atoms with Gasteiger partial charge in [0.1, 0.15) is 12.4 Å². The second-order valence-corrected chi connectivity index (χ2v) is 6.63. The summed E-state index contributed by atoms with van der Waals surface area (Å²) in [5.41, 5.74) is 7.55. The molecule has 6 nitrogen and oxygen atoms in total. The van der Waals surface area contributed by atoms with E-state index in [9.17, 15) is 9.59 Å². The highest BCUT2D eigenvalue weighted by Crippen LogP contribution is 2.17. The number of ether oxygens (including phenoxy) is 1. The number of aryl methyl sites for hydroxylation is 1. The maximum atomic E-state index is 12.3. The Morgan fingerprint density at radius 3 is 2.31 bits per heavy atom. The lowest BCUT2D eigenvalue weighted by molar-refractivity contribution is 0.0998. The van der Waals surface area contributed by atoms with Gasteiger partial charge in [0.05, 0.1) is 10.7 Å². The molecule has 0 fully saturated rings. The van der Waals surface area contributed by atoms with E-state index in [1.54, 1.807) is 59.9 Å². The first-order valence-corrected chi connectivity index (χ1v) is 8.74. The van der Waals surface area contributed by atoms with Gasteiger partial charge in [-0.3, -0.25) is 9.59 Å². The fourth-order valence-corrected chi connectivity index (χ4v) is 2.85. The highest BCUT2D eigenvalue weighted by Gasteiger charge is 2.08. The van der Waals surface area contributed by atoms with Crippen LogP contribution in [0.2, 0.25) is 0 Å². The van der Waals surface area contributed by atoms with E-state index < -0.39 is 5.91 Å². The lowest BCUT2D eigenvalue weighted by Gasteiger charge is -2.08. The van der Waals surface area contributed by atoms with Gasteiger partial charge in [-0.1, -0.05) is 0 Å². The fraction of sp³-hybridized carbons (Fsp3) is 0.105. The average molecular weight is 367 g/mol. The first kappa shape index (κ1) is 17.6. The SMILES string of the molecule is Cc1nc(COc2ccc(C(=O)Nc3ccc(C(N)=O)cc3)cc2)cs1. The maximum Gasteiger partial charge on any atom is 0.255 e. The molecule has 132 valence electrons. The normalized spacial score (nSPS) is 10.3. The van der Waals surface area contributed by atoms with E-state index in [0.29, 0.717) is 29.2 Å². The quantitative estimate of drug-likeness (QED) is 0.698. The molecule has 0 aliphatic heterocycles. The van der Waals surface area contributed by atoms with Gasteiger partial charge in [-0.15, -0.1) is 11.3 Å². The predicted octanol–water partition coefficient (Wildman–Crippen LogP) is 3.38. The van der Waals surface area contributed by atoms with Crippen molar-refractivity contribution in [1.82, 2.24) is 4.98 Å². The number of nitrogens with zero attached hydrogens (tertiary/aromatic N) is 1. The van der Waals surface area contributed by atoms with Crippen LogP contribution in [-0.4, -0.2) is 16.8 Å². The molecule has 0 spiro atoms. The fourth-order valence-electron chi connectivity index (χ4n) is 2.26. The summed E-state index contributed by atoms with van der Waals surface area (Å²) in [6.07, 6.45) is 0. The number of hydrogen-bond acceptors (Lipinski definition) is 5. The molecule has 0 aliphatic rings. The van der Waals surface area contributed by atoms with Gasteiger partial charge in [0.15, 0.2) is 0 Å². The third-order valence-corrected chi connectivity index (χ3v) is 4.42. The highest BCUT2D eigenvalue weighted by atomic mass is 32.1. The van der Waals surface area contributed by atoms with Gasteiger partial charge in [0, 0.05) is 22.2 Å². The van der Waals surface area contributed by atoms with E-state index in [2.05, 4.69) is 10.3 Å². The molecule has 7 heteroatoms. The standard InChI is InChI=1S/C19H17N3O3S/c1-12-21-16(11-26-12)10-25-17-8-4-14(5-9-17)19(24)22-15-6-2-13(3-7-15)18(20)23/h2-9,11H,10H2,1H3,(H2,20,23)(H,22,24). The van der Waals surface area contributed by atoms with Crippen LogP contribution in [0.4, 0.5) is 5.69 Å². The zero-order valence-electron chi connectivity index (χ0n) is 14.1. The smallest absolute Gasteiger partial charge is 0.255 e. The number of thiazole rings is 1. The largest absolute Gasteiger partial charge is 0.487 e. The summed E-state index contributed by atoms with van der Waals surface area (Å²) in [4.78, 5) is 27.7. The Kier molecular flexibility index (Phi) is 5.28. The Balaban J connectivity index is 1.58. The molecule has 1 aromatic heterocycles. The molecule has 0 bridgehead atoms. The number of anilines is 1. The summed E-state index contributed by atoms with van der Waals surface area (Å²) in [5.74, 6) is -0.0946. The van der Waals surface area contributed by atoms with Crippen LogP contribution in [0, 0.1) is 6.92 Å². The van der Waals surface area contributed by atoms with Gasteiger partial charge in [-0.2, -0.15) is 0 Å². The van der Waals surface area contributed by atoms with Gasteiger partial charge < -0.3 is 15.8 Å². The van der Waals surface area contributed by atoms with Crippen LogP contribution in [0.15, 0.2) is 53.9 Å². The van der Waals surface area contributed by atoms with E-state index in [0.717, 1.165) is 10.7 Å². The third kappa shape index (κ3) is 4.46. The number of hydrogen-bond donors (Lipinski definition) is 2.